The summed E-state index contributed by atoms with van der Waals surface area (Å²) in [7, 11) is 0. The average molecular weight is 282 g/mol. The average Bonchev–Trinajstić information content (AvgIpc) is 2.73. The summed E-state index contributed by atoms with van der Waals surface area (Å²) in [4.78, 5) is 13.7. The Morgan fingerprint density at radius 3 is 2.95 bits per heavy atom. The predicted octanol–water partition coefficient (Wildman–Crippen LogP) is 1.10. The van der Waals surface area contributed by atoms with Gasteiger partial charge in [0, 0.05) is 12.7 Å². The second-order valence-corrected chi connectivity index (χ2v) is 5.91. The summed E-state index contributed by atoms with van der Waals surface area (Å²) in [5.41, 5.74) is 5.75. The number of nitrogens with two attached hydrogens (primary N) is 1. The third-order valence-corrected chi connectivity index (χ3v) is 2.83. The molecule has 112 valence electrons. The highest BCUT2D eigenvalue weighted by Crippen LogP contribution is 2.14. The van der Waals surface area contributed by atoms with Gasteiger partial charge in [0.15, 0.2) is 0 Å². The van der Waals surface area contributed by atoms with Crippen LogP contribution in [0.5, 0.6) is 0 Å². The zero-order valence-electron chi connectivity index (χ0n) is 12.2. The number of amides is 1. The fraction of sp³-hybridized carbons (Fsp3) is 0.692. The summed E-state index contributed by atoms with van der Waals surface area (Å²) >= 11 is 0. The molecule has 0 spiro atoms. The molecule has 7 nitrogen and oxygen atoms in total. The number of carbonyl (C=O) groups excluding carboxylic acids is 1. The van der Waals surface area contributed by atoms with Crippen LogP contribution < -0.4 is 5.73 Å². The molecule has 2 N–H and O–H groups in total. The van der Waals surface area contributed by atoms with Gasteiger partial charge in [-0.1, -0.05) is 0 Å². The SMILES string of the molecule is CC(C)(C)OC(=O)N1CCO[C@H](Cn2cc(N)cn2)C1. The van der Waals surface area contributed by atoms with E-state index >= 15 is 0 Å². The maximum Gasteiger partial charge on any atom is 0.410 e. The fourth-order valence-corrected chi connectivity index (χ4v) is 2.01. The van der Waals surface area contributed by atoms with Crippen LogP contribution in [0.1, 0.15) is 20.8 Å². The van der Waals surface area contributed by atoms with Crippen molar-refractivity contribution in [1.82, 2.24) is 14.7 Å². The summed E-state index contributed by atoms with van der Waals surface area (Å²) in [6, 6.07) is 0. The number of aromatic nitrogens is 2. The number of nitrogens with zero attached hydrogens (tertiary/aromatic N) is 3. The van der Waals surface area contributed by atoms with Crippen LogP contribution in [0.15, 0.2) is 12.4 Å². The van der Waals surface area contributed by atoms with Crippen molar-refractivity contribution in [2.45, 2.75) is 39.0 Å². The molecule has 2 heterocycles. The van der Waals surface area contributed by atoms with E-state index in [0.29, 0.717) is 31.9 Å². The molecule has 2 rings (SSSR count). The van der Waals surface area contributed by atoms with Crippen LogP contribution in [0.4, 0.5) is 10.5 Å². The van der Waals surface area contributed by atoms with Crippen molar-refractivity contribution in [3.05, 3.63) is 12.4 Å². The number of hydrogen-bond donors (Lipinski definition) is 1. The molecule has 1 atom stereocenters. The Morgan fingerprint density at radius 1 is 1.60 bits per heavy atom. The maximum atomic E-state index is 12.0. The van der Waals surface area contributed by atoms with E-state index in [4.69, 9.17) is 15.2 Å². The number of ether oxygens (including phenoxy) is 2. The van der Waals surface area contributed by atoms with E-state index in [-0.39, 0.29) is 12.2 Å². The van der Waals surface area contributed by atoms with E-state index in [9.17, 15) is 4.79 Å². The van der Waals surface area contributed by atoms with Gasteiger partial charge in [0.1, 0.15) is 5.60 Å². The highest BCUT2D eigenvalue weighted by atomic mass is 16.6. The Kier molecular flexibility index (Phi) is 4.17. The molecule has 0 aliphatic carbocycles. The number of carbonyl (C=O) groups is 1. The second kappa shape index (κ2) is 5.70. The molecule has 0 bridgehead atoms. The third kappa shape index (κ3) is 4.12. The molecule has 1 aliphatic heterocycles. The number of nitrogen functional groups attached to an aromatic ring is 1. The first-order valence-electron chi connectivity index (χ1n) is 6.71. The Morgan fingerprint density at radius 2 is 2.35 bits per heavy atom. The molecule has 1 fully saturated rings. The van der Waals surface area contributed by atoms with Crippen LogP contribution in [0.3, 0.4) is 0 Å². The summed E-state index contributed by atoms with van der Waals surface area (Å²) in [6.07, 6.45) is 2.94. The molecule has 0 unspecified atom stereocenters. The molecule has 7 heteroatoms. The lowest BCUT2D eigenvalue weighted by Gasteiger charge is -2.34. The zero-order chi connectivity index (χ0) is 14.8. The minimum atomic E-state index is -0.485. The van der Waals surface area contributed by atoms with E-state index in [1.807, 2.05) is 20.8 Å². The van der Waals surface area contributed by atoms with Crippen molar-refractivity contribution in [2.24, 2.45) is 0 Å². The Bertz CT molecular complexity index is 466. The van der Waals surface area contributed by atoms with Crippen molar-refractivity contribution < 1.29 is 14.3 Å². The van der Waals surface area contributed by atoms with E-state index in [1.165, 1.54) is 0 Å². The Hall–Kier alpha value is -1.76. The Balaban J connectivity index is 1.90. The third-order valence-electron chi connectivity index (χ3n) is 2.83. The van der Waals surface area contributed by atoms with Crippen LogP contribution in [-0.4, -0.2) is 52.2 Å². The van der Waals surface area contributed by atoms with Crippen molar-refractivity contribution in [2.75, 3.05) is 25.4 Å². The van der Waals surface area contributed by atoms with Crippen molar-refractivity contribution in [3.63, 3.8) is 0 Å². The van der Waals surface area contributed by atoms with E-state index < -0.39 is 5.60 Å². The van der Waals surface area contributed by atoms with Crippen LogP contribution in [-0.2, 0) is 16.0 Å². The fourth-order valence-electron chi connectivity index (χ4n) is 2.01. The summed E-state index contributed by atoms with van der Waals surface area (Å²) in [5, 5.41) is 4.12. The van der Waals surface area contributed by atoms with Gasteiger partial charge in [0.2, 0.25) is 0 Å². The number of morpholine rings is 1. The van der Waals surface area contributed by atoms with Gasteiger partial charge in [-0.2, -0.15) is 5.10 Å². The molecule has 1 saturated heterocycles. The van der Waals surface area contributed by atoms with Crippen LogP contribution >= 0.6 is 0 Å². The van der Waals surface area contributed by atoms with Crippen LogP contribution in [0.2, 0.25) is 0 Å². The van der Waals surface area contributed by atoms with Crippen molar-refractivity contribution in [3.8, 4) is 0 Å². The monoisotopic (exact) mass is 282 g/mol. The largest absolute Gasteiger partial charge is 0.444 e. The molecule has 1 aliphatic rings. The smallest absolute Gasteiger partial charge is 0.410 e. The quantitative estimate of drug-likeness (QED) is 0.878. The summed E-state index contributed by atoms with van der Waals surface area (Å²) < 4.78 is 12.7. The van der Waals surface area contributed by atoms with Gasteiger partial charge in [-0.3, -0.25) is 4.68 Å². The van der Waals surface area contributed by atoms with Gasteiger partial charge in [-0.15, -0.1) is 0 Å². The first kappa shape index (κ1) is 14.6. The molecule has 0 aromatic carbocycles. The standard InChI is InChI=1S/C13H22N4O3/c1-13(2,3)20-12(18)16-4-5-19-11(8-16)9-17-7-10(14)6-15-17/h6-7,11H,4-5,8-9,14H2,1-3H3/t11-/m0/s1. The van der Waals surface area contributed by atoms with Crippen LogP contribution in [0, 0.1) is 0 Å². The van der Waals surface area contributed by atoms with Gasteiger partial charge >= 0.3 is 6.09 Å². The first-order chi connectivity index (χ1) is 9.33. The van der Waals surface area contributed by atoms with E-state index in [0.717, 1.165) is 0 Å². The van der Waals surface area contributed by atoms with Gasteiger partial charge in [0.25, 0.3) is 0 Å². The lowest BCUT2D eigenvalue weighted by Crippen LogP contribution is -2.48. The molecule has 1 aromatic heterocycles. The van der Waals surface area contributed by atoms with Crippen LogP contribution in [0.25, 0.3) is 0 Å². The number of rotatable bonds is 2. The minimum Gasteiger partial charge on any atom is -0.444 e. The van der Waals surface area contributed by atoms with E-state index in [1.54, 1.807) is 22.0 Å². The lowest BCUT2D eigenvalue weighted by atomic mass is 10.2. The van der Waals surface area contributed by atoms with Crippen molar-refractivity contribution in [1.29, 1.82) is 0 Å². The lowest BCUT2D eigenvalue weighted by molar-refractivity contribution is -0.0483. The highest BCUT2D eigenvalue weighted by Gasteiger charge is 2.28. The number of hydrogen-bond acceptors (Lipinski definition) is 5. The zero-order valence-corrected chi connectivity index (χ0v) is 12.2. The maximum absolute atomic E-state index is 12.0. The number of anilines is 1. The van der Waals surface area contributed by atoms with Gasteiger partial charge < -0.3 is 20.1 Å². The molecule has 0 saturated carbocycles. The van der Waals surface area contributed by atoms with Gasteiger partial charge in [-0.25, -0.2) is 4.79 Å². The predicted molar refractivity (Wildman–Crippen MR) is 74.2 cm³/mol. The topological polar surface area (TPSA) is 82.6 Å². The molecule has 1 aromatic rings. The molecule has 0 radical (unpaired) electrons. The van der Waals surface area contributed by atoms with Crippen molar-refractivity contribution >= 4 is 11.8 Å². The second-order valence-electron chi connectivity index (χ2n) is 5.91. The highest BCUT2D eigenvalue weighted by molar-refractivity contribution is 5.68. The van der Waals surface area contributed by atoms with Gasteiger partial charge in [0.05, 0.1) is 37.7 Å². The summed E-state index contributed by atoms with van der Waals surface area (Å²) in [6.45, 7) is 7.68. The van der Waals surface area contributed by atoms with Gasteiger partial charge in [-0.05, 0) is 20.8 Å². The minimum absolute atomic E-state index is 0.101. The Labute approximate surface area is 118 Å². The normalized spacial score (nSPS) is 19.9. The molecular weight excluding hydrogens is 260 g/mol. The molecule has 20 heavy (non-hydrogen) atoms. The molecule has 1 amide bonds. The molecular formula is C13H22N4O3. The van der Waals surface area contributed by atoms with E-state index in [2.05, 4.69) is 5.10 Å². The first-order valence-corrected chi connectivity index (χ1v) is 6.71. The summed E-state index contributed by atoms with van der Waals surface area (Å²) in [5.74, 6) is 0.